The number of nitrogens with one attached hydrogen (secondary N) is 1. The topological polar surface area (TPSA) is 66.5 Å². The zero-order chi connectivity index (χ0) is 19.6. The molecule has 1 aliphatic heterocycles. The molecule has 1 amide bonds. The number of aryl methyl sites for hydroxylation is 2. The van der Waals surface area contributed by atoms with E-state index in [0.717, 1.165) is 42.5 Å². The van der Waals surface area contributed by atoms with Crippen molar-refractivity contribution >= 4 is 21.6 Å². The molecule has 0 saturated carbocycles. The number of carbonyl (C=O) groups excluding carboxylic acids is 1. The number of halogens is 1. The summed E-state index contributed by atoms with van der Waals surface area (Å²) in [6.07, 6.45) is 2.48. The van der Waals surface area contributed by atoms with Crippen molar-refractivity contribution in [2.75, 3.05) is 18.4 Å². The minimum atomic E-state index is -3.96. The zero-order valence-corrected chi connectivity index (χ0v) is 16.3. The highest BCUT2D eigenvalue weighted by Crippen LogP contribution is 2.25. The Kier molecular flexibility index (Phi) is 5.62. The van der Waals surface area contributed by atoms with Gasteiger partial charge in [-0.2, -0.15) is 4.31 Å². The summed E-state index contributed by atoms with van der Waals surface area (Å²) >= 11 is 0. The minimum absolute atomic E-state index is 0.106. The lowest BCUT2D eigenvalue weighted by Gasteiger charge is -2.26. The van der Waals surface area contributed by atoms with Gasteiger partial charge in [0.2, 0.25) is 10.0 Å². The highest BCUT2D eigenvalue weighted by atomic mass is 32.2. The minimum Gasteiger partial charge on any atom is -0.322 e. The van der Waals surface area contributed by atoms with Gasteiger partial charge in [0.1, 0.15) is 10.7 Å². The Bertz CT molecular complexity index is 947. The van der Waals surface area contributed by atoms with Crippen molar-refractivity contribution in [3.8, 4) is 0 Å². The molecule has 0 atom stereocenters. The maximum absolute atomic E-state index is 14.3. The maximum atomic E-state index is 14.3. The summed E-state index contributed by atoms with van der Waals surface area (Å²) < 4.78 is 41.2. The summed E-state index contributed by atoms with van der Waals surface area (Å²) in [7, 11) is -3.96. The van der Waals surface area contributed by atoms with Crippen LogP contribution in [0.15, 0.2) is 41.3 Å². The number of para-hydroxylation sites is 1. The predicted molar refractivity (Wildman–Crippen MR) is 103 cm³/mol. The number of anilines is 1. The zero-order valence-electron chi connectivity index (χ0n) is 15.5. The molecule has 5 nitrogen and oxygen atoms in total. The smallest absolute Gasteiger partial charge is 0.255 e. The van der Waals surface area contributed by atoms with Crippen LogP contribution in [0.3, 0.4) is 0 Å². The third-order valence-electron chi connectivity index (χ3n) is 4.85. The van der Waals surface area contributed by atoms with Gasteiger partial charge >= 0.3 is 0 Å². The van der Waals surface area contributed by atoms with E-state index in [1.54, 1.807) is 0 Å². The summed E-state index contributed by atoms with van der Waals surface area (Å²) in [5.74, 6) is -1.31. The third kappa shape index (κ3) is 4.04. The lowest BCUT2D eigenvalue weighted by atomic mass is 10.1. The number of hydrogen-bond acceptors (Lipinski definition) is 3. The van der Waals surface area contributed by atoms with Crippen LogP contribution in [0.2, 0.25) is 0 Å². The molecule has 1 aliphatic rings. The molecule has 0 radical (unpaired) electrons. The number of carbonyl (C=O) groups is 1. The fraction of sp³-hybridized carbons (Fsp3) is 0.350. The number of nitrogens with zero attached hydrogens (tertiary/aromatic N) is 1. The Morgan fingerprint density at radius 3 is 2.30 bits per heavy atom. The molecule has 27 heavy (non-hydrogen) atoms. The van der Waals surface area contributed by atoms with E-state index in [1.165, 1.54) is 10.4 Å². The maximum Gasteiger partial charge on any atom is 0.255 e. The van der Waals surface area contributed by atoms with Crippen LogP contribution < -0.4 is 5.32 Å². The van der Waals surface area contributed by atoms with Gasteiger partial charge in [-0.25, -0.2) is 12.8 Å². The van der Waals surface area contributed by atoms with E-state index < -0.39 is 26.6 Å². The molecular formula is C20H23FN2O3S. The van der Waals surface area contributed by atoms with E-state index >= 15 is 0 Å². The lowest BCUT2D eigenvalue weighted by Crippen LogP contribution is -2.36. The fourth-order valence-corrected chi connectivity index (χ4v) is 4.89. The predicted octanol–water partition coefficient (Wildman–Crippen LogP) is 3.87. The molecule has 0 bridgehead atoms. The molecule has 0 aromatic heterocycles. The van der Waals surface area contributed by atoms with Gasteiger partial charge in [0, 0.05) is 24.3 Å². The second-order valence-electron chi connectivity index (χ2n) is 6.83. The summed E-state index contributed by atoms with van der Waals surface area (Å²) in [5, 5.41) is 2.80. The quantitative estimate of drug-likeness (QED) is 0.862. The van der Waals surface area contributed by atoms with Crippen molar-refractivity contribution in [3.63, 3.8) is 0 Å². The van der Waals surface area contributed by atoms with Crippen molar-refractivity contribution in [3.05, 3.63) is 58.9 Å². The van der Waals surface area contributed by atoms with Gasteiger partial charge in [-0.15, -0.1) is 0 Å². The lowest BCUT2D eigenvalue weighted by molar-refractivity contribution is 0.102. The largest absolute Gasteiger partial charge is 0.322 e. The van der Waals surface area contributed by atoms with Gasteiger partial charge < -0.3 is 5.32 Å². The van der Waals surface area contributed by atoms with Crippen LogP contribution in [0.5, 0.6) is 0 Å². The van der Waals surface area contributed by atoms with Crippen molar-refractivity contribution < 1.29 is 17.6 Å². The Balaban J connectivity index is 1.92. The molecule has 1 saturated heterocycles. The first-order valence-electron chi connectivity index (χ1n) is 8.98. The van der Waals surface area contributed by atoms with Crippen LogP contribution in [0, 0.1) is 19.7 Å². The van der Waals surface area contributed by atoms with E-state index in [1.807, 2.05) is 32.0 Å². The van der Waals surface area contributed by atoms with Gasteiger partial charge in [-0.1, -0.05) is 24.6 Å². The van der Waals surface area contributed by atoms with Crippen LogP contribution in [-0.2, 0) is 10.0 Å². The third-order valence-corrected chi connectivity index (χ3v) is 6.76. The van der Waals surface area contributed by atoms with E-state index in [4.69, 9.17) is 0 Å². The molecular weight excluding hydrogens is 367 g/mol. The van der Waals surface area contributed by atoms with Crippen LogP contribution in [0.4, 0.5) is 10.1 Å². The Morgan fingerprint density at radius 1 is 1.04 bits per heavy atom. The number of hydrogen-bond donors (Lipinski definition) is 1. The molecule has 1 heterocycles. The Hall–Kier alpha value is -2.25. The molecule has 2 aromatic rings. The molecule has 1 N–H and O–H groups in total. The van der Waals surface area contributed by atoms with Gasteiger partial charge in [0.05, 0.1) is 0 Å². The van der Waals surface area contributed by atoms with Crippen LogP contribution in [0.1, 0.15) is 40.7 Å². The first-order valence-corrected chi connectivity index (χ1v) is 10.4. The summed E-state index contributed by atoms with van der Waals surface area (Å²) in [5.41, 5.74) is 2.57. The highest BCUT2D eigenvalue weighted by molar-refractivity contribution is 7.89. The first-order chi connectivity index (χ1) is 12.8. The number of amides is 1. The van der Waals surface area contributed by atoms with Gasteiger partial charge in [0.25, 0.3) is 5.91 Å². The molecule has 0 spiro atoms. The fourth-order valence-electron chi connectivity index (χ4n) is 3.28. The Labute approximate surface area is 159 Å². The number of benzene rings is 2. The molecule has 2 aromatic carbocycles. The molecule has 7 heteroatoms. The van der Waals surface area contributed by atoms with Crippen LogP contribution in [-0.4, -0.2) is 31.7 Å². The summed E-state index contributed by atoms with van der Waals surface area (Å²) in [6, 6.07) is 9.10. The van der Waals surface area contributed by atoms with Gasteiger partial charge in [0.15, 0.2) is 0 Å². The SMILES string of the molecule is Cc1cccc(C)c1NC(=O)c1ccc(F)c(S(=O)(=O)N2CCCCC2)c1. The standard InChI is InChI=1S/C20H23FN2O3S/c1-14-7-6-8-15(2)19(14)22-20(24)16-9-10-17(21)18(13-16)27(25,26)23-11-4-3-5-12-23/h6-10,13H,3-5,11-12H2,1-2H3,(H,22,24). The van der Waals surface area contributed by atoms with E-state index in [2.05, 4.69) is 5.32 Å². The molecule has 0 unspecified atom stereocenters. The monoisotopic (exact) mass is 390 g/mol. The highest BCUT2D eigenvalue weighted by Gasteiger charge is 2.29. The number of piperidine rings is 1. The number of rotatable bonds is 4. The first kappa shape index (κ1) is 19.5. The van der Waals surface area contributed by atoms with Crippen molar-refractivity contribution in [2.24, 2.45) is 0 Å². The van der Waals surface area contributed by atoms with E-state index in [-0.39, 0.29) is 5.56 Å². The van der Waals surface area contributed by atoms with Gasteiger partial charge in [-0.3, -0.25) is 4.79 Å². The average molecular weight is 390 g/mol. The number of sulfonamides is 1. The van der Waals surface area contributed by atoms with E-state index in [9.17, 15) is 17.6 Å². The van der Waals surface area contributed by atoms with Crippen molar-refractivity contribution in [2.45, 2.75) is 38.0 Å². The van der Waals surface area contributed by atoms with Crippen molar-refractivity contribution in [1.82, 2.24) is 4.31 Å². The average Bonchev–Trinajstić information content (AvgIpc) is 2.65. The second kappa shape index (κ2) is 7.78. The molecule has 0 aliphatic carbocycles. The summed E-state index contributed by atoms with van der Waals surface area (Å²) in [6.45, 7) is 4.50. The molecule has 3 rings (SSSR count). The van der Waals surface area contributed by atoms with Crippen molar-refractivity contribution in [1.29, 1.82) is 0 Å². The second-order valence-corrected chi connectivity index (χ2v) is 8.74. The van der Waals surface area contributed by atoms with Crippen LogP contribution in [0.25, 0.3) is 0 Å². The summed E-state index contributed by atoms with van der Waals surface area (Å²) in [4.78, 5) is 12.2. The normalized spacial score (nSPS) is 15.5. The van der Waals surface area contributed by atoms with Crippen LogP contribution >= 0.6 is 0 Å². The van der Waals surface area contributed by atoms with Gasteiger partial charge in [-0.05, 0) is 56.0 Å². The van der Waals surface area contributed by atoms with E-state index in [0.29, 0.717) is 18.8 Å². The Morgan fingerprint density at radius 2 is 1.67 bits per heavy atom. The molecule has 1 fully saturated rings. The molecule has 144 valence electrons.